The van der Waals surface area contributed by atoms with Gasteiger partial charge in [0.15, 0.2) is 0 Å². The number of carbonyl (C=O) groups excluding carboxylic acids is 1. The fourth-order valence-corrected chi connectivity index (χ4v) is 3.46. The Balaban J connectivity index is 1.80. The Hall–Kier alpha value is -1.72. The first-order valence-electron chi connectivity index (χ1n) is 7.51. The lowest BCUT2D eigenvalue weighted by atomic mass is 10.0. The first-order valence-corrected chi connectivity index (χ1v) is 8.45. The highest BCUT2D eigenvalue weighted by molar-refractivity contribution is 7.07. The van der Waals surface area contributed by atoms with Crippen LogP contribution in [0.1, 0.15) is 30.9 Å². The van der Waals surface area contributed by atoms with Gasteiger partial charge in [-0.3, -0.25) is 9.78 Å². The molecule has 3 heterocycles. The lowest BCUT2D eigenvalue weighted by Gasteiger charge is -2.31. The molecule has 0 radical (unpaired) electrons. The van der Waals surface area contributed by atoms with E-state index in [4.69, 9.17) is 4.74 Å². The Morgan fingerprint density at radius 3 is 2.91 bits per heavy atom. The number of carbonyl (C=O) groups is 1. The van der Waals surface area contributed by atoms with Crippen LogP contribution in [0.3, 0.4) is 0 Å². The maximum atomic E-state index is 13.0. The summed E-state index contributed by atoms with van der Waals surface area (Å²) in [7, 11) is 0. The fourth-order valence-electron chi connectivity index (χ4n) is 2.80. The van der Waals surface area contributed by atoms with Gasteiger partial charge in [-0.1, -0.05) is 6.07 Å². The number of aromatic nitrogens is 1. The summed E-state index contributed by atoms with van der Waals surface area (Å²) in [5.74, 6) is 0.0695. The van der Waals surface area contributed by atoms with Crippen LogP contribution in [-0.4, -0.2) is 28.0 Å². The van der Waals surface area contributed by atoms with E-state index in [9.17, 15) is 4.79 Å². The van der Waals surface area contributed by atoms with Crippen molar-refractivity contribution in [1.82, 2.24) is 9.88 Å². The first kappa shape index (κ1) is 15.2. The molecule has 0 bridgehead atoms. The van der Waals surface area contributed by atoms with Crippen LogP contribution < -0.4 is 0 Å². The van der Waals surface area contributed by atoms with Crippen molar-refractivity contribution in [1.29, 1.82) is 0 Å². The molecule has 0 spiro atoms. The largest absolute Gasteiger partial charge is 0.365 e. The lowest BCUT2D eigenvalue weighted by Crippen LogP contribution is -2.46. The quantitative estimate of drug-likeness (QED) is 0.850. The summed E-state index contributed by atoms with van der Waals surface area (Å²) in [6.45, 7) is 3.74. The zero-order valence-corrected chi connectivity index (χ0v) is 13.5. The third-order valence-electron chi connectivity index (χ3n) is 4.01. The zero-order chi connectivity index (χ0) is 15.4. The van der Waals surface area contributed by atoms with Crippen molar-refractivity contribution >= 4 is 17.2 Å². The molecule has 2 aromatic rings. The number of nitrogens with zero attached hydrogens (tertiary/aromatic N) is 2. The average molecular weight is 316 g/mol. The van der Waals surface area contributed by atoms with E-state index < -0.39 is 5.60 Å². The number of ether oxygens (including phenoxy) is 1. The van der Waals surface area contributed by atoms with Crippen molar-refractivity contribution in [3.63, 3.8) is 0 Å². The van der Waals surface area contributed by atoms with Crippen LogP contribution in [0, 0.1) is 0 Å². The minimum absolute atomic E-state index is 0.0695. The van der Waals surface area contributed by atoms with Crippen molar-refractivity contribution in [3.05, 3.63) is 52.5 Å². The molecule has 1 atom stereocenters. The third kappa shape index (κ3) is 3.36. The Labute approximate surface area is 134 Å². The van der Waals surface area contributed by atoms with Gasteiger partial charge in [-0.05, 0) is 53.8 Å². The van der Waals surface area contributed by atoms with E-state index in [0.717, 1.165) is 24.0 Å². The molecule has 1 aliphatic heterocycles. The van der Waals surface area contributed by atoms with Crippen LogP contribution in [-0.2, 0) is 22.6 Å². The minimum atomic E-state index is -0.682. The summed E-state index contributed by atoms with van der Waals surface area (Å²) in [4.78, 5) is 19.0. The van der Waals surface area contributed by atoms with Crippen LogP contribution >= 0.6 is 11.3 Å². The molecule has 4 nitrogen and oxygen atoms in total. The Kier molecular flexibility index (Phi) is 4.55. The smallest absolute Gasteiger partial charge is 0.255 e. The van der Waals surface area contributed by atoms with Gasteiger partial charge in [0, 0.05) is 32.1 Å². The van der Waals surface area contributed by atoms with E-state index >= 15 is 0 Å². The summed E-state index contributed by atoms with van der Waals surface area (Å²) < 4.78 is 5.74. The second-order valence-corrected chi connectivity index (χ2v) is 6.62. The van der Waals surface area contributed by atoms with Gasteiger partial charge >= 0.3 is 0 Å². The van der Waals surface area contributed by atoms with E-state index in [2.05, 4.69) is 16.4 Å². The summed E-state index contributed by atoms with van der Waals surface area (Å²) in [5.41, 5.74) is 1.51. The minimum Gasteiger partial charge on any atom is -0.365 e. The summed E-state index contributed by atoms with van der Waals surface area (Å²) in [6.07, 6.45) is 5.29. The average Bonchev–Trinajstić information content (AvgIpc) is 3.19. The SMILES string of the molecule is C[C@@]1(C(=O)N(Cc2cccnc2)Cc2ccsc2)CCCO1. The highest BCUT2D eigenvalue weighted by Crippen LogP contribution is 2.28. The molecule has 5 heteroatoms. The van der Waals surface area contributed by atoms with Crippen molar-refractivity contribution in [2.24, 2.45) is 0 Å². The van der Waals surface area contributed by atoms with E-state index in [1.807, 2.05) is 35.5 Å². The van der Waals surface area contributed by atoms with E-state index in [1.54, 1.807) is 17.5 Å². The Morgan fingerprint density at radius 1 is 1.41 bits per heavy atom. The van der Waals surface area contributed by atoms with Crippen LogP contribution in [0.25, 0.3) is 0 Å². The Bertz CT molecular complexity index is 607. The molecule has 1 fully saturated rings. The van der Waals surface area contributed by atoms with Crippen molar-refractivity contribution in [2.45, 2.75) is 38.5 Å². The predicted octanol–water partition coefficient (Wildman–Crippen LogP) is 3.24. The first-order chi connectivity index (χ1) is 10.7. The maximum absolute atomic E-state index is 13.0. The van der Waals surface area contributed by atoms with Gasteiger partial charge in [-0.25, -0.2) is 0 Å². The standard InChI is InChI=1S/C17H20N2O2S/c1-17(6-3-8-21-17)16(20)19(12-15-5-9-22-13-15)11-14-4-2-7-18-10-14/h2,4-5,7,9-10,13H,3,6,8,11-12H2,1H3/t17-/m0/s1. The molecule has 3 rings (SSSR count). The number of pyridine rings is 1. The topological polar surface area (TPSA) is 42.4 Å². The molecule has 22 heavy (non-hydrogen) atoms. The van der Waals surface area contributed by atoms with Crippen molar-refractivity contribution in [2.75, 3.05) is 6.61 Å². The number of amides is 1. The zero-order valence-electron chi connectivity index (χ0n) is 12.7. The van der Waals surface area contributed by atoms with Crippen molar-refractivity contribution < 1.29 is 9.53 Å². The Morgan fingerprint density at radius 2 is 2.27 bits per heavy atom. The number of hydrogen-bond acceptors (Lipinski definition) is 4. The summed E-state index contributed by atoms with van der Waals surface area (Å²) in [6, 6.07) is 5.96. The molecule has 1 saturated heterocycles. The molecule has 0 N–H and O–H groups in total. The molecule has 0 aromatic carbocycles. The normalized spacial score (nSPS) is 21.0. The predicted molar refractivity (Wildman–Crippen MR) is 86.4 cm³/mol. The van der Waals surface area contributed by atoms with Gasteiger partial charge < -0.3 is 9.64 Å². The van der Waals surface area contributed by atoms with Gasteiger partial charge in [0.25, 0.3) is 5.91 Å². The molecule has 0 saturated carbocycles. The molecule has 2 aromatic heterocycles. The van der Waals surface area contributed by atoms with Crippen LogP contribution in [0.15, 0.2) is 41.4 Å². The lowest BCUT2D eigenvalue weighted by molar-refractivity contribution is -0.152. The molecular formula is C17H20N2O2S. The van der Waals surface area contributed by atoms with Crippen LogP contribution in [0.5, 0.6) is 0 Å². The van der Waals surface area contributed by atoms with Gasteiger partial charge in [0.05, 0.1) is 0 Å². The summed E-state index contributed by atoms with van der Waals surface area (Å²) in [5, 5.41) is 4.12. The van der Waals surface area contributed by atoms with Gasteiger partial charge in [-0.2, -0.15) is 11.3 Å². The number of hydrogen-bond donors (Lipinski definition) is 0. The van der Waals surface area contributed by atoms with Crippen LogP contribution in [0.4, 0.5) is 0 Å². The highest BCUT2D eigenvalue weighted by atomic mass is 32.1. The third-order valence-corrected chi connectivity index (χ3v) is 4.74. The summed E-state index contributed by atoms with van der Waals surface area (Å²) >= 11 is 1.65. The monoisotopic (exact) mass is 316 g/mol. The molecule has 116 valence electrons. The number of thiophene rings is 1. The second-order valence-electron chi connectivity index (χ2n) is 5.84. The van der Waals surface area contributed by atoms with E-state index in [0.29, 0.717) is 19.7 Å². The van der Waals surface area contributed by atoms with Crippen molar-refractivity contribution in [3.8, 4) is 0 Å². The van der Waals surface area contributed by atoms with E-state index in [-0.39, 0.29) is 5.91 Å². The van der Waals surface area contributed by atoms with Gasteiger partial charge in [0.1, 0.15) is 5.60 Å². The fraction of sp³-hybridized carbons (Fsp3) is 0.412. The van der Waals surface area contributed by atoms with E-state index in [1.165, 1.54) is 0 Å². The van der Waals surface area contributed by atoms with Gasteiger partial charge in [-0.15, -0.1) is 0 Å². The molecule has 0 aliphatic carbocycles. The molecular weight excluding hydrogens is 296 g/mol. The number of rotatable bonds is 5. The molecule has 0 unspecified atom stereocenters. The maximum Gasteiger partial charge on any atom is 0.255 e. The van der Waals surface area contributed by atoms with Gasteiger partial charge in [0.2, 0.25) is 0 Å². The van der Waals surface area contributed by atoms with Crippen LogP contribution in [0.2, 0.25) is 0 Å². The highest BCUT2D eigenvalue weighted by Gasteiger charge is 2.40. The molecule has 1 aliphatic rings. The molecule has 1 amide bonds. The second kappa shape index (κ2) is 6.58.